The summed E-state index contributed by atoms with van der Waals surface area (Å²) in [6, 6.07) is 19.0. The first-order valence-corrected chi connectivity index (χ1v) is 7.96. The van der Waals surface area contributed by atoms with E-state index in [0.29, 0.717) is 4.73 Å². The van der Waals surface area contributed by atoms with Crippen LogP contribution in [0.4, 0.5) is 0 Å². The Bertz CT molecular complexity index is 811. The molecule has 3 aromatic rings. The molecule has 21 heavy (non-hydrogen) atoms. The van der Waals surface area contributed by atoms with Gasteiger partial charge in [-0.25, -0.2) is 4.21 Å². The van der Waals surface area contributed by atoms with Crippen LogP contribution in [0.5, 0.6) is 0 Å². The van der Waals surface area contributed by atoms with Gasteiger partial charge in [0, 0.05) is 12.1 Å². The van der Waals surface area contributed by atoms with E-state index in [9.17, 15) is 9.42 Å². The van der Waals surface area contributed by atoms with Gasteiger partial charge >= 0.3 is 0 Å². The fourth-order valence-corrected chi connectivity index (χ4v) is 3.72. The summed E-state index contributed by atoms with van der Waals surface area (Å²) in [5.41, 5.74) is 0.996. The minimum atomic E-state index is -1.40. The van der Waals surface area contributed by atoms with Gasteiger partial charge in [0.25, 0.3) is 5.03 Å². The standard InChI is InChI=1S/C17H15NO2S/c1-13(21(20)17-11-4-5-12-18(17)19)15-10-6-8-14-7-2-3-9-16(14)15/h2-13H,1H3. The van der Waals surface area contributed by atoms with Gasteiger partial charge < -0.3 is 5.21 Å². The third-order valence-electron chi connectivity index (χ3n) is 3.58. The number of aromatic nitrogens is 1. The predicted octanol–water partition coefficient (Wildman–Crippen LogP) is 3.34. The summed E-state index contributed by atoms with van der Waals surface area (Å²) in [4.78, 5) is 0. The molecule has 2 unspecified atom stereocenters. The maximum absolute atomic E-state index is 12.7. The zero-order valence-electron chi connectivity index (χ0n) is 11.6. The van der Waals surface area contributed by atoms with Crippen molar-refractivity contribution in [2.45, 2.75) is 17.2 Å². The molecule has 0 aliphatic rings. The van der Waals surface area contributed by atoms with Crippen LogP contribution in [0.3, 0.4) is 0 Å². The maximum Gasteiger partial charge on any atom is 0.282 e. The van der Waals surface area contributed by atoms with Crippen molar-refractivity contribution >= 4 is 21.6 Å². The van der Waals surface area contributed by atoms with Crippen LogP contribution >= 0.6 is 0 Å². The van der Waals surface area contributed by atoms with Gasteiger partial charge in [0.05, 0.1) is 5.25 Å². The minimum absolute atomic E-state index is 0.251. The van der Waals surface area contributed by atoms with Gasteiger partial charge in [0.15, 0.2) is 6.20 Å². The number of hydrogen-bond donors (Lipinski definition) is 0. The summed E-state index contributed by atoms with van der Waals surface area (Å²) in [6.07, 6.45) is 1.38. The fraction of sp³-hybridized carbons (Fsp3) is 0.118. The number of fused-ring (bicyclic) bond motifs is 1. The van der Waals surface area contributed by atoms with E-state index >= 15 is 0 Å². The summed E-state index contributed by atoms with van der Waals surface area (Å²) in [5.74, 6) is 0. The highest BCUT2D eigenvalue weighted by Gasteiger charge is 2.23. The molecule has 106 valence electrons. The molecule has 3 nitrogen and oxygen atoms in total. The van der Waals surface area contributed by atoms with Gasteiger partial charge in [-0.1, -0.05) is 42.5 Å². The molecule has 1 heterocycles. The van der Waals surface area contributed by atoms with Crippen LogP contribution < -0.4 is 4.73 Å². The highest BCUT2D eigenvalue weighted by Crippen LogP contribution is 2.29. The second-order valence-corrected chi connectivity index (χ2v) is 6.59. The lowest BCUT2D eigenvalue weighted by atomic mass is 10.0. The van der Waals surface area contributed by atoms with E-state index in [2.05, 4.69) is 0 Å². The molecule has 3 rings (SSSR count). The van der Waals surface area contributed by atoms with E-state index in [1.165, 1.54) is 6.20 Å². The first kappa shape index (κ1) is 13.8. The largest absolute Gasteiger partial charge is 0.618 e. The molecule has 0 radical (unpaired) electrons. The molecule has 1 aromatic heterocycles. The number of benzene rings is 2. The van der Waals surface area contributed by atoms with E-state index in [4.69, 9.17) is 0 Å². The third-order valence-corrected chi connectivity index (χ3v) is 5.20. The SMILES string of the molecule is CC(c1cccc2ccccc12)S(=O)c1cccc[n+]1[O-]. The van der Waals surface area contributed by atoms with Crippen molar-refractivity contribution in [2.24, 2.45) is 0 Å². The van der Waals surface area contributed by atoms with Crippen molar-refractivity contribution in [3.63, 3.8) is 0 Å². The topological polar surface area (TPSA) is 44.0 Å². The minimum Gasteiger partial charge on any atom is -0.618 e. The van der Waals surface area contributed by atoms with Crippen molar-refractivity contribution in [1.82, 2.24) is 0 Å². The maximum atomic E-state index is 12.7. The van der Waals surface area contributed by atoms with Gasteiger partial charge in [-0.3, -0.25) is 0 Å². The van der Waals surface area contributed by atoms with Crippen LogP contribution in [-0.4, -0.2) is 4.21 Å². The van der Waals surface area contributed by atoms with Crippen LogP contribution in [0.25, 0.3) is 10.8 Å². The van der Waals surface area contributed by atoms with E-state index in [1.807, 2.05) is 49.4 Å². The summed E-state index contributed by atoms with van der Waals surface area (Å²) < 4.78 is 13.4. The second kappa shape index (κ2) is 5.66. The van der Waals surface area contributed by atoms with Crippen molar-refractivity contribution in [2.75, 3.05) is 0 Å². The Morgan fingerprint density at radius 2 is 1.71 bits per heavy atom. The quantitative estimate of drug-likeness (QED) is 0.550. The highest BCUT2D eigenvalue weighted by molar-refractivity contribution is 7.85. The van der Waals surface area contributed by atoms with E-state index in [-0.39, 0.29) is 10.3 Å². The van der Waals surface area contributed by atoms with Crippen LogP contribution in [0.2, 0.25) is 0 Å². The monoisotopic (exact) mass is 297 g/mol. The molecule has 0 aliphatic heterocycles. The average molecular weight is 297 g/mol. The molecule has 0 bridgehead atoms. The van der Waals surface area contributed by atoms with Crippen molar-refractivity contribution < 1.29 is 8.94 Å². The first-order chi connectivity index (χ1) is 10.2. The van der Waals surface area contributed by atoms with Gasteiger partial charge in [0.1, 0.15) is 10.8 Å². The van der Waals surface area contributed by atoms with Crippen molar-refractivity contribution in [3.05, 3.63) is 77.6 Å². The Balaban J connectivity index is 2.07. The van der Waals surface area contributed by atoms with Gasteiger partial charge in [-0.05, 0) is 29.3 Å². The summed E-state index contributed by atoms with van der Waals surface area (Å²) in [6.45, 7) is 1.89. The Kier molecular flexibility index (Phi) is 3.71. The van der Waals surface area contributed by atoms with Crippen LogP contribution in [0.15, 0.2) is 71.9 Å². The van der Waals surface area contributed by atoms with Gasteiger partial charge in [-0.2, -0.15) is 4.73 Å². The molecule has 4 heteroatoms. The number of pyridine rings is 1. The van der Waals surface area contributed by atoms with Crippen molar-refractivity contribution in [1.29, 1.82) is 0 Å². The Hall–Kier alpha value is -2.20. The van der Waals surface area contributed by atoms with Crippen LogP contribution in [-0.2, 0) is 10.8 Å². The molecule has 0 saturated carbocycles. The zero-order valence-corrected chi connectivity index (χ0v) is 12.4. The van der Waals surface area contributed by atoms with Crippen LogP contribution in [0.1, 0.15) is 17.7 Å². The molecule has 0 spiro atoms. The number of hydrogen-bond acceptors (Lipinski definition) is 2. The third kappa shape index (κ3) is 2.54. The molecule has 0 aliphatic carbocycles. The predicted molar refractivity (Wildman–Crippen MR) is 84.2 cm³/mol. The molecule has 0 saturated heterocycles. The molecular formula is C17H15NO2S. The normalized spacial score (nSPS) is 14.0. The van der Waals surface area contributed by atoms with Crippen LogP contribution in [0, 0.1) is 5.21 Å². The molecule has 2 atom stereocenters. The second-order valence-electron chi connectivity index (χ2n) is 4.87. The van der Waals surface area contributed by atoms with E-state index in [1.54, 1.807) is 18.2 Å². The Morgan fingerprint density at radius 1 is 1.00 bits per heavy atom. The highest BCUT2D eigenvalue weighted by atomic mass is 32.2. The smallest absolute Gasteiger partial charge is 0.282 e. The molecule has 0 N–H and O–H groups in total. The lowest BCUT2D eigenvalue weighted by Gasteiger charge is -2.14. The van der Waals surface area contributed by atoms with Crippen molar-refractivity contribution in [3.8, 4) is 0 Å². The summed E-state index contributed by atoms with van der Waals surface area (Å²) in [5, 5.41) is 14.0. The average Bonchev–Trinajstić information content (AvgIpc) is 2.53. The molecule has 0 fully saturated rings. The molecule has 2 aromatic carbocycles. The first-order valence-electron chi connectivity index (χ1n) is 6.75. The fourth-order valence-electron chi connectivity index (χ4n) is 2.47. The number of nitrogens with zero attached hydrogens (tertiary/aromatic N) is 1. The van der Waals surface area contributed by atoms with E-state index < -0.39 is 10.8 Å². The summed E-state index contributed by atoms with van der Waals surface area (Å²) in [7, 11) is -1.40. The number of rotatable bonds is 3. The molecule has 0 amide bonds. The Labute approximate surface area is 125 Å². The van der Waals surface area contributed by atoms with Gasteiger partial charge in [-0.15, -0.1) is 0 Å². The van der Waals surface area contributed by atoms with E-state index in [0.717, 1.165) is 16.3 Å². The lowest BCUT2D eigenvalue weighted by molar-refractivity contribution is -0.646. The molecular weight excluding hydrogens is 282 g/mol. The van der Waals surface area contributed by atoms with Gasteiger partial charge in [0.2, 0.25) is 0 Å². The Morgan fingerprint density at radius 3 is 2.52 bits per heavy atom. The lowest BCUT2D eigenvalue weighted by Crippen LogP contribution is -2.32. The zero-order chi connectivity index (χ0) is 14.8. The summed E-state index contributed by atoms with van der Waals surface area (Å²) >= 11 is 0.